The lowest BCUT2D eigenvalue weighted by Gasteiger charge is -2.02. The van der Waals surface area contributed by atoms with Crippen LogP contribution in [0.5, 0.6) is 0 Å². The van der Waals surface area contributed by atoms with Crippen molar-refractivity contribution < 1.29 is 5.11 Å². The number of benzene rings is 1. The molecule has 16 heavy (non-hydrogen) atoms. The molecule has 0 aliphatic heterocycles. The summed E-state index contributed by atoms with van der Waals surface area (Å²) in [5.74, 6) is 5.53. The maximum atomic E-state index is 8.62. The third-order valence-corrected chi connectivity index (χ3v) is 2.16. The minimum atomic E-state index is -0.105. The van der Waals surface area contributed by atoms with Crippen molar-refractivity contribution in [1.82, 2.24) is 9.55 Å². The summed E-state index contributed by atoms with van der Waals surface area (Å²) in [6, 6.07) is 7.96. The quantitative estimate of drug-likeness (QED) is 0.761. The highest BCUT2D eigenvalue weighted by atomic mass is 16.2. The molecule has 0 saturated heterocycles. The summed E-state index contributed by atoms with van der Waals surface area (Å²) in [6.45, 7) is 0.681. The van der Waals surface area contributed by atoms with Crippen LogP contribution in [0.4, 0.5) is 0 Å². The highest BCUT2D eigenvalue weighted by Crippen LogP contribution is 2.06. The van der Waals surface area contributed by atoms with Gasteiger partial charge in [0.2, 0.25) is 0 Å². The van der Waals surface area contributed by atoms with Crippen LogP contribution in [0.25, 0.3) is 0 Å². The van der Waals surface area contributed by atoms with E-state index in [1.807, 2.05) is 35.0 Å². The van der Waals surface area contributed by atoms with Crippen LogP contribution in [-0.4, -0.2) is 21.3 Å². The smallest absolute Gasteiger partial charge is 0.104 e. The first-order chi connectivity index (χ1) is 7.88. The van der Waals surface area contributed by atoms with Crippen molar-refractivity contribution in [2.24, 2.45) is 0 Å². The Balaban J connectivity index is 2.16. The number of imidazole rings is 1. The first-order valence-electron chi connectivity index (χ1n) is 5.03. The van der Waals surface area contributed by atoms with E-state index in [1.54, 1.807) is 12.5 Å². The number of hydrogen-bond donors (Lipinski definition) is 1. The lowest BCUT2D eigenvalue weighted by Crippen LogP contribution is -1.96. The van der Waals surface area contributed by atoms with Crippen LogP contribution in [0.3, 0.4) is 0 Å². The second-order valence-electron chi connectivity index (χ2n) is 3.40. The third-order valence-electron chi connectivity index (χ3n) is 2.16. The van der Waals surface area contributed by atoms with Crippen molar-refractivity contribution in [2.45, 2.75) is 6.54 Å². The van der Waals surface area contributed by atoms with E-state index < -0.39 is 0 Å². The lowest BCUT2D eigenvalue weighted by molar-refractivity contribution is 0.350. The largest absolute Gasteiger partial charge is 0.384 e. The van der Waals surface area contributed by atoms with Gasteiger partial charge in [0.15, 0.2) is 0 Å². The second kappa shape index (κ2) is 5.15. The first kappa shape index (κ1) is 10.5. The number of nitrogens with zero attached hydrogens (tertiary/aromatic N) is 2. The molecule has 0 unspecified atom stereocenters. The van der Waals surface area contributed by atoms with Gasteiger partial charge in [0, 0.05) is 24.5 Å². The van der Waals surface area contributed by atoms with E-state index in [0.29, 0.717) is 0 Å². The van der Waals surface area contributed by atoms with Crippen LogP contribution in [0.15, 0.2) is 43.0 Å². The summed E-state index contributed by atoms with van der Waals surface area (Å²) in [5.41, 5.74) is 2.09. The van der Waals surface area contributed by atoms with Gasteiger partial charge in [-0.3, -0.25) is 0 Å². The molecule has 2 aromatic rings. The van der Waals surface area contributed by atoms with Crippen LogP contribution >= 0.6 is 0 Å². The number of rotatable bonds is 2. The predicted octanol–water partition coefficient (Wildman–Crippen LogP) is 1.28. The molecule has 1 aromatic carbocycles. The summed E-state index contributed by atoms with van der Waals surface area (Å²) in [5, 5.41) is 8.62. The van der Waals surface area contributed by atoms with Gasteiger partial charge in [-0.05, 0) is 17.7 Å². The van der Waals surface area contributed by atoms with Gasteiger partial charge >= 0.3 is 0 Å². The molecule has 0 fully saturated rings. The molecule has 0 aliphatic rings. The molecular weight excluding hydrogens is 200 g/mol. The van der Waals surface area contributed by atoms with E-state index in [2.05, 4.69) is 16.8 Å². The minimum absolute atomic E-state index is 0.105. The van der Waals surface area contributed by atoms with E-state index in [1.165, 1.54) is 5.56 Å². The first-order valence-corrected chi connectivity index (χ1v) is 5.03. The Morgan fingerprint density at radius 3 is 3.06 bits per heavy atom. The molecule has 3 nitrogen and oxygen atoms in total. The van der Waals surface area contributed by atoms with Crippen molar-refractivity contribution in [2.75, 3.05) is 6.61 Å². The van der Waals surface area contributed by atoms with Crippen molar-refractivity contribution >= 4 is 0 Å². The van der Waals surface area contributed by atoms with Crippen molar-refractivity contribution in [3.8, 4) is 11.8 Å². The number of aromatic nitrogens is 2. The van der Waals surface area contributed by atoms with Crippen molar-refractivity contribution in [3.05, 3.63) is 54.1 Å². The van der Waals surface area contributed by atoms with Crippen LogP contribution in [-0.2, 0) is 6.54 Å². The molecule has 0 saturated carbocycles. The highest BCUT2D eigenvalue weighted by molar-refractivity contribution is 5.37. The van der Waals surface area contributed by atoms with E-state index in [4.69, 9.17) is 5.11 Å². The SMILES string of the molecule is OCC#Cc1cccc(Cn2ccnc2)c1. The number of aliphatic hydroxyl groups excluding tert-OH is 1. The maximum absolute atomic E-state index is 8.62. The zero-order valence-electron chi connectivity index (χ0n) is 8.80. The van der Waals surface area contributed by atoms with Crippen LogP contribution in [0.1, 0.15) is 11.1 Å². The fourth-order valence-electron chi connectivity index (χ4n) is 1.48. The van der Waals surface area contributed by atoms with E-state index >= 15 is 0 Å². The van der Waals surface area contributed by atoms with Crippen LogP contribution in [0, 0.1) is 11.8 Å². The molecule has 3 heteroatoms. The van der Waals surface area contributed by atoms with E-state index in [-0.39, 0.29) is 6.61 Å². The molecule has 0 atom stereocenters. The Morgan fingerprint density at radius 1 is 1.38 bits per heavy atom. The molecule has 0 aliphatic carbocycles. The molecule has 1 aromatic heterocycles. The lowest BCUT2D eigenvalue weighted by atomic mass is 10.1. The standard InChI is InChI=1S/C13H12N2O/c16-8-2-5-12-3-1-4-13(9-12)10-15-7-6-14-11-15/h1,3-4,6-7,9,11,16H,8,10H2. The van der Waals surface area contributed by atoms with Crippen molar-refractivity contribution in [1.29, 1.82) is 0 Å². The fourth-order valence-corrected chi connectivity index (χ4v) is 1.48. The Labute approximate surface area is 94.4 Å². The predicted molar refractivity (Wildman–Crippen MR) is 61.7 cm³/mol. The van der Waals surface area contributed by atoms with Gasteiger partial charge in [-0.25, -0.2) is 4.98 Å². The summed E-state index contributed by atoms with van der Waals surface area (Å²) in [4.78, 5) is 3.99. The van der Waals surface area contributed by atoms with Gasteiger partial charge in [0.25, 0.3) is 0 Å². The Hall–Kier alpha value is -2.05. The summed E-state index contributed by atoms with van der Waals surface area (Å²) in [6.07, 6.45) is 5.47. The van der Waals surface area contributed by atoms with E-state index in [9.17, 15) is 0 Å². The molecule has 0 radical (unpaired) electrons. The molecule has 0 bridgehead atoms. The Bertz CT molecular complexity index is 506. The molecule has 0 spiro atoms. The van der Waals surface area contributed by atoms with Gasteiger partial charge in [-0.1, -0.05) is 24.0 Å². The molecule has 80 valence electrons. The van der Waals surface area contributed by atoms with Gasteiger partial charge in [-0.15, -0.1) is 0 Å². The summed E-state index contributed by atoms with van der Waals surface area (Å²) in [7, 11) is 0. The van der Waals surface area contributed by atoms with E-state index in [0.717, 1.165) is 12.1 Å². The van der Waals surface area contributed by atoms with Crippen molar-refractivity contribution in [3.63, 3.8) is 0 Å². The van der Waals surface area contributed by atoms with Gasteiger partial charge in [0.05, 0.1) is 6.33 Å². The molecule has 0 amide bonds. The van der Waals surface area contributed by atoms with Gasteiger partial charge in [-0.2, -0.15) is 0 Å². The monoisotopic (exact) mass is 212 g/mol. The zero-order chi connectivity index (χ0) is 11.2. The van der Waals surface area contributed by atoms with Crippen LogP contribution < -0.4 is 0 Å². The fraction of sp³-hybridized carbons (Fsp3) is 0.154. The third kappa shape index (κ3) is 2.72. The Kier molecular flexibility index (Phi) is 3.37. The summed E-state index contributed by atoms with van der Waals surface area (Å²) >= 11 is 0. The number of aliphatic hydroxyl groups is 1. The normalized spacial score (nSPS) is 9.56. The molecule has 1 heterocycles. The zero-order valence-corrected chi connectivity index (χ0v) is 8.80. The molecule has 1 N–H and O–H groups in total. The van der Waals surface area contributed by atoms with Gasteiger partial charge in [0.1, 0.15) is 6.61 Å². The average Bonchev–Trinajstić information content (AvgIpc) is 2.80. The topological polar surface area (TPSA) is 38.0 Å². The average molecular weight is 212 g/mol. The summed E-state index contributed by atoms with van der Waals surface area (Å²) < 4.78 is 2.00. The number of hydrogen-bond acceptors (Lipinski definition) is 2. The second-order valence-corrected chi connectivity index (χ2v) is 3.40. The maximum Gasteiger partial charge on any atom is 0.104 e. The highest BCUT2D eigenvalue weighted by Gasteiger charge is 1.95. The molecular formula is C13H12N2O. The van der Waals surface area contributed by atoms with Gasteiger partial charge < -0.3 is 9.67 Å². The molecule has 2 rings (SSSR count). The minimum Gasteiger partial charge on any atom is -0.384 e. The van der Waals surface area contributed by atoms with Crippen LogP contribution in [0.2, 0.25) is 0 Å². The Morgan fingerprint density at radius 2 is 2.31 bits per heavy atom.